The van der Waals surface area contributed by atoms with E-state index in [2.05, 4.69) is 5.32 Å². The van der Waals surface area contributed by atoms with Gasteiger partial charge in [-0.1, -0.05) is 19.1 Å². The topological polar surface area (TPSA) is 65.7 Å². The van der Waals surface area contributed by atoms with Crippen LogP contribution in [0.5, 0.6) is 0 Å². The van der Waals surface area contributed by atoms with Gasteiger partial charge in [-0.3, -0.25) is 9.69 Å². The quantitative estimate of drug-likeness (QED) is 0.755. The fourth-order valence-electron chi connectivity index (χ4n) is 3.46. The lowest BCUT2D eigenvalue weighted by molar-refractivity contribution is -0.139. The summed E-state index contributed by atoms with van der Waals surface area (Å²) in [6, 6.07) is 9.46. The smallest absolute Gasteiger partial charge is 0.317 e. The largest absolute Gasteiger partial charge is 0.480 e. The van der Waals surface area contributed by atoms with E-state index in [9.17, 15) is 9.18 Å². The highest BCUT2D eigenvalue weighted by molar-refractivity contribution is 5.69. The summed E-state index contributed by atoms with van der Waals surface area (Å²) in [6.07, 6.45) is 1.88. The van der Waals surface area contributed by atoms with Crippen molar-refractivity contribution in [2.45, 2.75) is 45.3 Å². The van der Waals surface area contributed by atoms with Crippen molar-refractivity contribution < 1.29 is 18.7 Å². The lowest BCUT2D eigenvalue weighted by atomic mass is 9.85. The molecule has 3 rings (SSSR count). The number of halogens is 1. The molecule has 26 heavy (non-hydrogen) atoms. The average molecular weight is 360 g/mol. The molecule has 0 aliphatic heterocycles. The van der Waals surface area contributed by atoms with Crippen LogP contribution in [0.15, 0.2) is 34.7 Å². The van der Waals surface area contributed by atoms with Crippen LogP contribution in [0.1, 0.15) is 31.1 Å². The third kappa shape index (κ3) is 4.14. The monoisotopic (exact) mass is 360 g/mol. The van der Waals surface area contributed by atoms with Crippen molar-refractivity contribution in [3.63, 3.8) is 0 Å². The third-order valence-corrected chi connectivity index (χ3v) is 5.13. The Hall–Kier alpha value is -2.18. The maximum Gasteiger partial charge on any atom is 0.317 e. The Morgan fingerprint density at radius 2 is 2.12 bits per heavy atom. The Morgan fingerprint density at radius 3 is 2.81 bits per heavy atom. The highest BCUT2D eigenvalue weighted by atomic mass is 19.1. The molecule has 1 aliphatic carbocycles. The Labute approximate surface area is 152 Å². The maximum atomic E-state index is 13.7. The fraction of sp³-hybridized carbons (Fsp3) is 0.450. The Morgan fingerprint density at radius 1 is 1.35 bits per heavy atom. The molecule has 2 aromatic rings. The van der Waals surface area contributed by atoms with E-state index >= 15 is 0 Å². The van der Waals surface area contributed by atoms with Crippen LogP contribution in [-0.2, 0) is 11.3 Å². The number of rotatable bonds is 8. The first-order chi connectivity index (χ1) is 12.5. The first-order valence-electron chi connectivity index (χ1n) is 9.01. The van der Waals surface area contributed by atoms with Gasteiger partial charge < -0.3 is 14.8 Å². The number of aliphatic carboxylic acids is 1. The molecule has 6 heteroatoms. The standard InChI is InChI=1S/C20H25FN2O3/c1-3-23(12-20(24)25)15-9-14(10-15)22-11-16-7-8-19(26-16)17-5-4-6-18(21)13(17)2/h4-8,14-15,22H,3,9-12H2,1-2H3,(H,24,25). The van der Waals surface area contributed by atoms with Crippen LogP contribution >= 0.6 is 0 Å². The highest BCUT2D eigenvalue weighted by Crippen LogP contribution is 2.28. The van der Waals surface area contributed by atoms with Crippen LogP contribution < -0.4 is 5.32 Å². The molecule has 1 saturated carbocycles. The number of nitrogens with zero attached hydrogens (tertiary/aromatic N) is 1. The van der Waals surface area contributed by atoms with Crippen LogP contribution in [0.4, 0.5) is 4.39 Å². The van der Waals surface area contributed by atoms with Crippen LogP contribution in [0.3, 0.4) is 0 Å². The molecular weight excluding hydrogens is 335 g/mol. The second kappa shape index (κ2) is 8.01. The van der Waals surface area contributed by atoms with E-state index in [1.165, 1.54) is 6.07 Å². The predicted octanol–water partition coefficient (Wildman–Crippen LogP) is 3.42. The maximum absolute atomic E-state index is 13.7. The minimum atomic E-state index is -0.779. The molecule has 0 saturated heterocycles. The Balaban J connectivity index is 1.51. The van der Waals surface area contributed by atoms with Crippen molar-refractivity contribution in [3.8, 4) is 11.3 Å². The number of likely N-dealkylation sites (N-methyl/N-ethyl adjacent to an activating group) is 1. The predicted molar refractivity (Wildman–Crippen MR) is 97.4 cm³/mol. The molecule has 1 aromatic carbocycles. The molecule has 0 radical (unpaired) electrons. The molecule has 1 fully saturated rings. The summed E-state index contributed by atoms with van der Waals surface area (Å²) in [6.45, 7) is 5.19. The normalized spacial score (nSPS) is 19.5. The van der Waals surface area contributed by atoms with Gasteiger partial charge >= 0.3 is 5.97 Å². The van der Waals surface area contributed by atoms with Gasteiger partial charge in [0.1, 0.15) is 17.3 Å². The highest BCUT2D eigenvalue weighted by Gasteiger charge is 2.33. The van der Waals surface area contributed by atoms with Gasteiger partial charge in [0.15, 0.2) is 0 Å². The number of benzene rings is 1. The van der Waals surface area contributed by atoms with E-state index in [1.807, 2.05) is 30.0 Å². The summed E-state index contributed by atoms with van der Waals surface area (Å²) in [5.41, 5.74) is 1.36. The first-order valence-corrected chi connectivity index (χ1v) is 9.01. The van der Waals surface area contributed by atoms with Crippen LogP contribution in [0, 0.1) is 12.7 Å². The van der Waals surface area contributed by atoms with Crippen molar-refractivity contribution in [1.82, 2.24) is 10.2 Å². The van der Waals surface area contributed by atoms with Gasteiger partial charge in [0.25, 0.3) is 0 Å². The molecule has 1 aromatic heterocycles. The lowest BCUT2D eigenvalue weighted by Gasteiger charge is -2.42. The number of hydrogen-bond donors (Lipinski definition) is 2. The van der Waals surface area contributed by atoms with Gasteiger partial charge in [-0.2, -0.15) is 0 Å². The molecule has 5 nitrogen and oxygen atoms in total. The molecule has 0 atom stereocenters. The number of hydrogen-bond acceptors (Lipinski definition) is 4. The lowest BCUT2D eigenvalue weighted by Crippen LogP contribution is -2.53. The number of carboxylic acid groups (broad SMARTS) is 1. The molecule has 1 aliphatic rings. The number of furan rings is 1. The van der Waals surface area contributed by atoms with E-state index in [4.69, 9.17) is 9.52 Å². The van der Waals surface area contributed by atoms with Crippen LogP contribution in [0.2, 0.25) is 0 Å². The summed E-state index contributed by atoms with van der Waals surface area (Å²) in [4.78, 5) is 12.9. The van der Waals surface area contributed by atoms with E-state index in [0.717, 1.165) is 30.7 Å². The summed E-state index contributed by atoms with van der Waals surface area (Å²) in [7, 11) is 0. The summed E-state index contributed by atoms with van der Waals surface area (Å²) in [5, 5.41) is 12.4. The van der Waals surface area contributed by atoms with Crippen LogP contribution in [-0.4, -0.2) is 41.1 Å². The van der Waals surface area contributed by atoms with Gasteiger partial charge in [-0.25, -0.2) is 4.39 Å². The Kier molecular flexibility index (Phi) is 5.74. The summed E-state index contributed by atoms with van der Waals surface area (Å²) < 4.78 is 19.5. The van der Waals surface area contributed by atoms with Gasteiger partial charge in [-0.05, 0) is 50.1 Å². The Bertz CT molecular complexity index is 768. The van der Waals surface area contributed by atoms with E-state index in [0.29, 0.717) is 30.0 Å². The zero-order chi connectivity index (χ0) is 18.7. The molecule has 140 valence electrons. The van der Waals surface area contributed by atoms with Crippen molar-refractivity contribution in [2.75, 3.05) is 13.1 Å². The van der Waals surface area contributed by atoms with Crippen molar-refractivity contribution >= 4 is 5.97 Å². The van der Waals surface area contributed by atoms with E-state index in [-0.39, 0.29) is 12.4 Å². The van der Waals surface area contributed by atoms with Crippen molar-refractivity contribution in [1.29, 1.82) is 0 Å². The minimum Gasteiger partial charge on any atom is -0.480 e. The second-order valence-electron chi connectivity index (χ2n) is 6.84. The molecule has 1 heterocycles. The van der Waals surface area contributed by atoms with E-state index < -0.39 is 5.97 Å². The molecule has 0 amide bonds. The van der Waals surface area contributed by atoms with Crippen molar-refractivity contribution in [3.05, 3.63) is 47.5 Å². The zero-order valence-electron chi connectivity index (χ0n) is 15.2. The average Bonchev–Trinajstić information content (AvgIpc) is 3.03. The third-order valence-electron chi connectivity index (χ3n) is 5.13. The first kappa shape index (κ1) is 18.6. The van der Waals surface area contributed by atoms with Crippen molar-refractivity contribution in [2.24, 2.45) is 0 Å². The fourth-order valence-corrected chi connectivity index (χ4v) is 3.46. The number of carboxylic acids is 1. The van der Waals surface area contributed by atoms with Gasteiger partial charge in [0.05, 0.1) is 13.1 Å². The molecule has 0 bridgehead atoms. The molecule has 0 spiro atoms. The molecule has 0 unspecified atom stereocenters. The van der Waals surface area contributed by atoms with Gasteiger partial charge in [0, 0.05) is 17.6 Å². The van der Waals surface area contributed by atoms with Gasteiger partial charge in [0.2, 0.25) is 0 Å². The number of carbonyl (C=O) groups is 1. The van der Waals surface area contributed by atoms with Gasteiger partial charge in [-0.15, -0.1) is 0 Å². The van der Waals surface area contributed by atoms with Crippen LogP contribution in [0.25, 0.3) is 11.3 Å². The summed E-state index contributed by atoms with van der Waals surface area (Å²) >= 11 is 0. The second-order valence-corrected chi connectivity index (χ2v) is 6.84. The molecular formula is C20H25FN2O3. The molecule has 2 N–H and O–H groups in total. The SMILES string of the molecule is CCN(CC(=O)O)C1CC(NCc2ccc(-c3cccc(F)c3C)o2)C1. The minimum absolute atomic E-state index is 0.0996. The summed E-state index contributed by atoms with van der Waals surface area (Å²) in [5.74, 6) is 0.467. The zero-order valence-corrected chi connectivity index (χ0v) is 15.2. The number of nitrogens with one attached hydrogen (secondary N) is 1. The van der Waals surface area contributed by atoms with E-state index in [1.54, 1.807) is 13.0 Å².